The molecule has 1 N–H and O–H groups in total. The van der Waals surface area contributed by atoms with Gasteiger partial charge >= 0.3 is 0 Å². The summed E-state index contributed by atoms with van der Waals surface area (Å²) in [5.41, 5.74) is 2.25. The highest BCUT2D eigenvalue weighted by Gasteiger charge is 2.14. The molecule has 1 unspecified atom stereocenters. The third-order valence-corrected chi connectivity index (χ3v) is 3.72. The van der Waals surface area contributed by atoms with E-state index >= 15 is 0 Å². The molecule has 0 radical (unpaired) electrons. The van der Waals surface area contributed by atoms with Crippen LogP contribution in [0.2, 0.25) is 5.02 Å². The molecule has 106 valence electrons. The number of nitrogens with one attached hydrogen (secondary N) is 1. The number of hydrogen-bond acceptors (Lipinski definition) is 1. The van der Waals surface area contributed by atoms with E-state index in [1.807, 2.05) is 30.3 Å². The first-order valence-electron chi connectivity index (χ1n) is 6.87. The molecule has 0 saturated heterocycles. The van der Waals surface area contributed by atoms with Crippen molar-refractivity contribution in [2.75, 3.05) is 0 Å². The summed E-state index contributed by atoms with van der Waals surface area (Å²) in [6.07, 6.45) is 0.941. The molecule has 2 aromatic carbocycles. The molecule has 0 bridgehead atoms. The summed E-state index contributed by atoms with van der Waals surface area (Å²) < 4.78 is 13.0. The van der Waals surface area contributed by atoms with Crippen LogP contribution in [0.4, 0.5) is 4.39 Å². The summed E-state index contributed by atoms with van der Waals surface area (Å²) in [4.78, 5) is 0. The van der Waals surface area contributed by atoms with E-state index < -0.39 is 0 Å². The molecule has 0 spiro atoms. The minimum absolute atomic E-state index is 0.184. The first-order valence-corrected chi connectivity index (χ1v) is 7.25. The topological polar surface area (TPSA) is 12.0 Å². The molecule has 1 nitrogen and oxygen atoms in total. The lowest BCUT2D eigenvalue weighted by molar-refractivity contribution is 0.456. The zero-order valence-electron chi connectivity index (χ0n) is 11.7. The van der Waals surface area contributed by atoms with E-state index in [9.17, 15) is 4.39 Å². The molecule has 0 aliphatic rings. The quantitative estimate of drug-likeness (QED) is 0.790. The normalized spacial score (nSPS) is 14.0. The Bertz CT molecular complexity index is 553. The molecule has 2 aromatic rings. The van der Waals surface area contributed by atoms with Crippen molar-refractivity contribution in [3.05, 3.63) is 70.5 Å². The first-order chi connectivity index (χ1) is 9.60. The second kappa shape index (κ2) is 6.87. The minimum Gasteiger partial charge on any atom is -0.303 e. The first kappa shape index (κ1) is 15.0. The molecule has 0 saturated carbocycles. The molecule has 2 atom stereocenters. The summed E-state index contributed by atoms with van der Waals surface area (Å²) in [5.74, 6) is -0.202. The van der Waals surface area contributed by atoms with Crippen molar-refractivity contribution in [3.63, 3.8) is 0 Å². The van der Waals surface area contributed by atoms with Gasteiger partial charge in [-0.3, -0.25) is 0 Å². The van der Waals surface area contributed by atoms with E-state index in [2.05, 4.69) is 25.2 Å². The van der Waals surface area contributed by atoms with E-state index in [0.29, 0.717) is 0 Å². The van der Waals surface area contributed by atoms with Gasteiger partial charge in [0.05, 0.1) is 0 Å². The highest BCUT2D eigenvalue weighted by Crippen LogP contribution is 2.23. The molecule has 0 heterocycles. The van der Waals surface area contributed by atoms with Crippen molar-refractivity contribution in [1.29, 1.82) is 0 Å². The van der Waals surface area contributed by atoms with Crippen LogP contribution >= 0.6 is 11.6 Å². The van der Waals surface area contributed by atoms with E-state index in [0.717, 1.165) is 22.6 Å². The highest BCUT2D eigenvalue weighted by molar-refractivity contribution is 6.30. The fourth-order valence-corrected chi connectivity index (χ4v) is 2.52. The van der Waals surface area contributed by atoms with Crippen molar-refractivity contribution in [2.24, 2.45) is 0 Å². The van der Waals surface area contributed by atoms with Crippen LogP contribution in [0.15, 0.2) is 48.5 Å². The standard InChI is InChI=1S/C17H19ClFN/c1-3-17(13-7-9-16(19)10-8-13)20-12(2)14-5-4-6-15(18)11-14/h4-12,17,20H,3H2,1-2H3/t12-,17?/m1/s1. The van der Waals surface area contributed by atoms with Crippen LogP contribution in [-0.4, -0.2) is 0 Å². The molecule has 0 fully saturated rings. The fraction of sp³-hybridized carbons (Fsp3) is 0.294. The summed E-state index contributed by atoms with van der Waals surface area (Å²) in [6, 6.07) is 14.9. The Morgan fingerprint density at radius 1 is 1.10 bits per heavy atom. The maximum atomic E-state index is 13.0. The van der Waals surface area contributed by atoms with E-state index in [1.165, 1.54) is 12.1 Å². The van der Waals surface area contributed by atoms with Crippen LogP contribution in [0.3, 0.4) is 0 Å². The Balaban J connectivity index is 2.11. The smallest absolute Gasteiger partial charge is 0.123 e. The van der Waals surface area contributed by atoms with Gasteiger partial charge in [-0.25, -0.2) is 4.39 Å². The largest absolute Gasteiger partial charge is 0.303 e. The zero-order chi connectivity index (χ0) is 14.5. The van der Waals surface area contributed by atoms with Gasteiger partial charge in [0.1, 0.15) is 5.82 Å². The highest BCUT2D eigenvalue weighted by atomic mass is 35.5. The van der Waals surface area contributed by atoms with Gasteiger partial charge in [0.25, 0.3) is 0 Å². The van der Waals surface area contributed by atoms with Crippen molar-refractivity contribution in [3.8, 4) is 0 Å². The van der Waals surface area contributed by atoms with Crippen LogP contribution in [-0.2, 0) is 0 Å². The molecule has 3 heteroatoms. The lowest BCUT2D eigenvalue weighted by Gasteiger charge is -2.23. The molecule has 0 aliphatic carbocycles. The fourth-order valence-electron chi connectivity index (χ4n) is 2.32. The molecule has 0 aromatic heterocycles. The van der Waals surface area contributed by atoms with Gasteiger partial charge in [-0.1, -0.05) is 42.8 Å². The molecule has 0 amide bonds. The van der Waals surface area contributed by atoms with E-state index in [1.54, 1.807) is 0 Å². The van der Waals surface area contributed by atoms with Gasteiger partial charge in [0.2, 0.25) is 0 Å². The summed E-state index contributed by atoms with van der Waals surface area (Å²) in [6.45, 7) is 4.23. The average molecular weight is 292 g/mol. The van der Waals surface area contributed by atoms with Crippen LogP contribution in [0, 0.1) is 5.82 Å². The molecular weight excluding hydrogens is 273 g/mol. The third-order valence-electron chi connectivity index (χ3n) is 3.48. The SMILES string of the molecule is CCC(N[C@H](C)c1cccc(Cl)c1)c1ccc(F)cc1. The van der Waals surface area contributed by atoms with E-state index in [-0.39, 0.29) is 17.9 Å². The zero-order valence-corrected chi connectivity index (χ0v) is 12.5. The van der Waals surface area contributed by atoms with Crippen molar-refractivity contribution in [2.45, 2.75) is 32.4 Å². The van der Waals surface area contributed by atoms with Gasteiger partial charge in [-0.15, -0.1) is 0 Å². The Morgan fingerprint density at radius 2 is 1.80 bits per heavy atom. The average Bonchev–Trinajstić information content (AvgIpc) is 2.45. The Morgan fingerprint density at radius 3 is 2.40 bits per heavy atom. The van der Waals surface area contributed by atoms with Crippen LogP contribution in [0.25, 0.3) is 0 Å². The van der Waals surface area contributed by atoms with Gasteiger partial charge in [0, 0.05) is 17.1 Å². The maximum Gasteiger partial charge on any atom is 0.123 e. The summed E-state index contributed by atoms with van der Waals surface area (Å²) in [5, 5.41) is 4.31. The van der Waals surface area contributed by atoms with Crippen LogP contribution < -0.4 is 5.32 Å². The predicted octanol–water partition coefficient (Wildman–Crippen LogP) is 5.28. The maximum absolute atomic E-state index is 13.0. The summed E-state index contributed by atoms with van der Waals surface area (Å²) >= 11 is 6.02. The van der Waals surface area contributed by atoms with E-state index in [4.69, 9.17) is 11.6 Å². The Labute approximate surface area is 124 Å². The van der Waals surface area contributed by atoms with Crippen molar-refractivity contribution >= 4 is 11.6 Å². The molecular formula is C17H19ClFN. The molecule has 20 heavy (non-hydrogen) atoms. The lowest BCUT2D eigenvalue weighted by Crippen LogP contribution is -2.24. The number of benzene rings is 2. The molecule has 0 aliphatic heterocycles. The second-order valence-electron chi connectivity index (χ2n) is 4.96. The van der Waals surface area contributed by atoms with Crippen LogP contribution in [0.1, 0.15) is 43.5 Å². The van der Waals surface area contributed by atoms with Crippen molar-refractivity contribution in [1.82, 2.24) is 5.32 Å². The minimum atomic E-state index is -0.202. The van der Waals surface area contributed by atoms with Gasteiger partial charge in [0.15, 0.2) is 0 Å². The Hall–Kier alpha value is -1.38. The second-order valence-corrected chi connectivity index (χ2v) is 5.39. The van der Waals surface area contributed by atoms with Crippen LogP contribution in [0.5, 0.6) is 0 Å². The van der Waals surface area contributed by atoms with Gasteiger partial charge in [-0.2, -0.15) is 0 Å². The molecule has 2 rings (SSSR count). The van der Waals surface area contributed by atoms with Gasteiger partial charge in [-0.05, 0) is 48.7 Å². The summed E-state index contributed by atoms with van der Waals surface area (Å²) in [7, 11) is 0. The van der Waals surface area contributed by atoms with Crippen molar-refractivity contribution < 1.29 is 4.39 Å². The lowest BCUT2D eigenvalue weighted by atomic mass is 10.0. The number of rotatable bonds is 5. The monoisotopic (exact) mass is 291 g/mol. The number of halogens is 2. The van der Waals surface area contributed by atoms with Gasteiger partial charge < -0.3 is 5.32 Å². The predicted molar refractivity (Wildman–Crippen MR) is 82.4 cm³/mol. The number of hydrogen-bond donors (Lipinski definition) is 1. The third kappa shape index (κ3) is 3.81. The Kier molecular flexibility index (Phi) is 5.16.